The van der Waals surface area contributed by atoms with Gasteiger partial charge < -0.3 is 24.5 Å². The fraction of sp³-hybridized carbons (Fsp3) is 0.231. The Morgan fingerprint density at radius 2 is 1.69 bits per heavy atom. The number of carbonyl (C=O) groups excluding carboxylic acids is 3. The Kier molecular flexibility index (Phi) is 5.82. The molecule has 9 nitrogen and oxygen atoms in total. The number of carbonyl (C=O) groups is 3. The molecule has 1 aliphatic rings. The van der Waals surface area contributed by atoms with Crippen LogP contribution in [0.1, 0.15) is 26.3 Å². The van der Waals surface area contributed by atoms with Crippen molar-refractivity contribution in [2.45, 2.75) is 6.92 Å². The van der Waals surface area contributed by atoms with Crippen LogP contribution in [-0.2, 0) is 4.79 Å². The van der Waals surface area contributed by atoms with Gasteiger partial charge in [0.25, 0.3) is 17.6 Å². The molecule has 0 saturated carbocycles. The van der Waals surface area contributed by atoms with Gasteiger partial charge >= 0.3 is 0 Å². The quantitative estimate of drug-likeness (QED) is 0.343. The standard InChI is InChI=1S/C26H25N5O4/c1-16-8-9-27-21(16)23-22-20(19(35-2)15-29-23)18(14-28-22)24(32)26(34)31-12-10-30(11-13-31)25(33)17-6-4-3-5-7-17/h3-9,14-15,27-28H,10-13H2,1-2H3. The lowest BCUT2D eigenvalue weighted by Crippen LogP contribution is -2.52. The molecule has 3 aromatic heterocycles. The zero-order valence-electron chi connectivity index (χ0n) is 19.5. The molecule has 0 unspecified atom stereocenters. The Bertz CT molecular complexity index is 1410. The third kappa shape index (κ3) is 3.95. The van der Waals surface area contributed by atoms with Crippen LogP contribution in [0.2, 0.25) is 0 Å². The number of rotatable bonds is 5. The van der Waals surface area contributed by atoms with Crippen molar-refractivity contribution in [2.75, 3.05) is 33.3 Å². The van der Waals surface area contributed by atoms with Gasteiger partial charge in [-0.2, -0.15) is 0 Å². The minimum atomic E-state index is -0.627. The number of ketones is 1. The molecule has 2 amide bonds. The van der Waals surface area contributed by atoms with Crippen molar-refractivity contribution >= 4 is 28.5 Å². The summed E-state index contributed by atoms with van der Waals surface area (Å²) in [6, 6.07) is 11.0. The number of hydrogen-bond acceptors (Lipinski definition) is 5. The number of aromatic nitrogens is 3. The van der Waals surface area contributed by atoms with Crippen LogP contribution in [0.4, 0.5) is 0 Å². The minimum Gasteiger partial charge on any atom is -0.494 e. The van der Waals surface area contributed by atoms with Gasteiger partial charge in [-0.15, -0.1) is 0 Å². The fourth-order valence-corrected chi connectivity index (χ4v) is 4.48. The zero-order chi connectivity index (χ0) is 24.5. The maximum absolute atomic E-state index is 13.3. The van der Waals surface area contributed by atoms with E-state index in [1.54, 1.807) is 23.2 Å². The van der Waals surface area contributed by atoms with Crippen LogP contribution in [0.15, 0.2) is 55.0 Å². The number of aryl methyl sites for hydroxylation is 1. The average molecular weight is 472 g/mol. The molecule has 1 saturated heterocycles. The van der Waals surface area contributed by atoms with E-state index < -0.39 is 11.7 Å². The van der Waals surface area contributed by atoms with Crippen molar-refractivity contribution in [3.8, 4) is 17.1 Å². The van der Waals surface area contributed by atoms with E-state index in [-0.39, 0.29) is 24.6 Å². The van der Waals surface area contributed by atoms with Gasteiger partial charge in [-0.05, 0) is 30.7 Å². The van der Waals surface area contributed by atoms with Crippen LogP contribution >= 0.6 is 0 Å². The highest BCUT2D eigenvalue weighted by Gasteiger charge is 2.31. The highest BCUT2D eigenvalue weighted by atomic mass is 16.5. The topological polar surface area (TPSA) is 111 Å². The summed E-state index contributed by atoms with van der Waals surface area (Å²) in [4.78, 5) is 53.2. The number of hydrogen-bond donors (Lipinski definition) is 2. The lowest BCUT2D eigenvalue weighted by molar-refractivity contribution is -0.127. The summed E-state index contributed by atoms with van der Waals surface area (Å²) in [6.45, 7) is 3.27. The van der Waals surface area contributed by atoms with Gasteiger partial charge in [0.1, 0.15) is 11.4 Å². The van der Waals surface area contributed by atoms with Crippen molar-refractivity contribution in [1.82, 2.24) is 24.8 Å². The molecule has 5 rings (SSSR count). The highest BCUT2D eigenvalue weighted by Crippen LogP contribution is 2.35. The number of piperazine rings is 1. The monoisotopic (exact) mass is 471 g/mol. The van der Waals surface area contributed by atoms with Gasteiger partial charge in [0.15, 0.2) is 0 Å². The first-order valence-electron chi connectivity index (χ1n) is 11.4. The summed E-state index contributed by atoms with van der Waals surface area (Å²) in [5.41, 5.74) is 3.93. The van der Waals surface area contributed by atoms with Gasteiger partial charge in [0.2, 0.25) is 0 Å². The van der Waals surface area contributed by atoms with E-state index in [2.05, 4.69) is 15.0 Å². The maximum Gasteiger partial charge on any atom is 0.295 e. The molecule has 0 radical (unpaired) electrons. The van der Waals surface area contributed by atoms with Crippen LogP contribution < -0.4 is 4.74 Å². The molecule has 0 bridgehead atoms. The highest BCUT2D eigenvalue weighted by molar-refractivity contribution is 6.45. The molecule has 4 aromatic rings. The zero-order valence-corrected chi connectivity index (χ0v) is 19.5. The molecule has 1 aromatic carbocycles. The normalized spacial score (nSPS) is 13.8. The van der Waals surface area contributed by atoms with Crippen molar-refractivity contribution in [3.63, 3.8) is 0 Å². The second kappa shape index (κ2) is 9.09. The van der Waals surface area contributed by atoms with E-state index >= 15 is 0 Å². The lowest BCUT2D eigenvalue weighted by Gasteiger charge is -2.34. The fourth-order valence-electron chi connectivity index (χ4n) is 4.48. The number of pyridine rings is 1. The van der Waals surface area contributed by atoms with Gasteiger partial charge in [-0.1, -0.05) is 18.2 Å². The number of nitrogens with zero attached hydrogens (tertiary/aromatic N) is 3. The Morgan fingerprint density at radius 3 is 2.34 bits per heavy atom. The molecule has 0 spiro atoms. The average Bonchev–Trinajstić information content (AvgIpc) is 3.54. The molecular weight excluding hydrogens is 446 g/mol. The molecular formula is C26H25N5O4. The number of H-pyrrole nitrogens is 2. The molecule has 0 aliphatic carbocycles. The first-order chi connectivity index (χ1) is 17.0. The molecule has 1 aliphatic heterocycles. The number of benzene rings is 1. The Labute approximate surface area is 201 Å². The predicted molar refractivity (Wildman–Crippen MR) is 130 cm³/mol. The Hall–Kier alpha value is -4.40. The second-order valence-corrected chi connectivity index (χ2v) is 8.44. The first-order valence-corrected chi connectivity index (χ1v) is 11.4. The molecule has 0 atom stereocenters. The number of aromatic amines is 2. The van der Waals surface area contributed by atoms with Crippen molar-refractivity contribution in [2.24, 2.45) is 0 Å². The molecule has 35 heavy (non-hydrogen) atoms. The molecule has 1 fully saturated rings. The Balaban J connectivity index is 1.37. The van der Waals surface area contributed by atoms with Crippen molar-refractivity contribution in [3.05, 3.63) is 71.7 Å². The summed E-state index contributed by atoms with van der Waals surface area (Å²) < 4.78 is 5.47. The van der Waals surface area contributed by atoms with E-state index in [0.717, 1.165) is 11.3 Å². The van der Waals surface area contributed by atoms with Crippen molar-refractivity contribution in [1.29, 1.82) is 0 Å². The van der Waals surface area contributed by atoms with Crippen LogP contribution in [0.3, 0.4) is 0 Å². The van der Waals surface area contributed by atoms with Crippen LogP contribution in [-0.4, -0.2) is 75.6 Å². The van der Waals surface area contributed by atoms with Gasteiger partial charge in [0.05, 0.1) is 35.5 Å². The SMILES string of the molecule is COc1cnc(-c2[nH]ccc2C)c2[nH]cc(C(=O)C(=O)N3CCN(C(=O)c4ccccc4)CC3)c12. The van der Waals surface area contributed by atoms with Crippen LogP contribution in [0.5, 0.6) is 5.75 Å². The maximum atomic E-state index is 13.3. The minimum absolute atomic E-state index is 0.0787. The summed E-state index contributed by atoms with van der Waals surface area (Å²) in [7, 11) is 1.50. The summed E-state index contributed by atoms with van der Waals surface area (Å²) in [6.07, 6.45) is 4.91. The number of amides is 2. The molecule has 2 N–H and O–H groups in total. The molecule has 9 heteroatoms. The van der Waals surface area contributed by atoms with Gasteiger partial charge in [-0.3, -0.25) is 14.4 Å². The van der Waals surface area contributed by atoms with Gasteiger partial charge in [0, 0.05) is 44.1 Å². The van der Waals surface area contributed by atoms with Crippen LogP contribution in [0, 0.1) is 6.92 Å². The number of methoxy groups -OCH3 is 1. The summed E-state index contributed by atoms with van der Waals surface area (Å²) in [5.74, 6) is -0.902. The van der Waals surface area contributed by atoms with Crippen LogP contribution in [0.25, 0.3) is 22.3 Å². The smallest absolute Gasteiger partial charge is 0.295 e. The first kappa shape index (κ1) is 22.4. The Morgan fingerprint density at radius 1 is 0.971 bits per heavy atom. The third-order valence-corrected chi connectivity index (χ3v) is 6.40. The van der Waals surface area contributed by atoms with Crippen molar-refractivity contribution < 1.29 is 19.1 Å². The number of nitrogens with one attached hydrogen (secondary N) is 2. The largest absolute Gasteiger partial charge is 0.494 e. The van der Waals surface area contributed by atoms with Gasteiger partial charge in [-0.25, -0.2) is 4.98 Å². The number of ether oxygens (including phenoxy) is 1. The predicted octanol–water partition coefficient (Wildman–Crippen LogP) is 3.04. The molecule has 178 valence electrons. The number of fused-ring (bicyclic) bond motifs is 1. The second-order valence-electron chi connectivity index (χ2n) is 8.44. The third-order valence-electron chi connectivity index (χ3n) is 6.40. The summed E-state index contributed by atoms with van der Waals surface area (Å²) in [5, 5.41) is 0.516. The lowest BCUT2D eigenvalue weighted by atomic mass is 10.1. The molecule has 4 heterocycles. The summed E-state index contributed by atoms with van der Waals surface area (Å²) >= 11 is 0. The van der Waals surface area contributed by atoms with E-state index in [9.17, 15) is 14.4 Å². The van der Waals surface area contributed by atoms with E-state index in [1.807, 2.05) is 37.4 Å². The van der Waals surface area contributed by atoms with E-state index in [0.29, 0.717) is 41.0 Å². The number of Topliss-reactive ketones (excluding diaryl/α,β-unsaturated/α-hetero) is 1. The van der Waals surface area contributed by atoms with E-state index in [1.165, 1.54) is 18.2 Å². The van der Waals surface area contributed by atoms with E-state index in [4.69, 9.17) is 4.74 Å².